The molecule has 0 atom stereocenters. The highest BCUT2D eigenvalue weighted by Gasteiger charge is 2.12. The monoisotopic (exact) mass is 263 g/mol. The van der Waals surface area contributed by atoms with E-state index in [9.17, 15) is 4.79 Å². The van der Waals surface area contributed by atoms with Crippen molar-refractivity contribution >= 4 is 17.6 Å². The van der Waals surface area contributed by atoms with Crippen LogP contribution in [0.15, 0.2) is 36.7 Å². The Kier molecular flexibility index (Phi) is 3.48. The fourth-order valence-electron chi connectivity index (χ4n) is 1.63. The Morgan fingerprint density at radius 1 is 1.33 bits per heavy atom. The summed E-state index contributed by atoms with van der Waals surface area (Å²) in [6, 6.07) is 6.27. The molecular weight excluding hydrogens is 254 g/mol. The molecule has 0 aliphatic heterocycles. The molecular formula is C13H10ClNO3. The predicted molar refractivity (Wildman–Crippen MR) is 68.2 cm³/mol. The number of hydrogen-bond acceptors (Lipinski definition) is 3. The largest absolute Gasteiger partial charge is 0.496 e. The SMILES string of the molecule is COc1ccncc1-c1ccc(C(=O)O)cc1Cl. The van der Waals surface area contributed by atoms with Crippen LogP contribution in [-0.4, -0.2) is 23.2 Å². The van der Waals surface area contributed by atoms with Gasteiger partial charge in [0.05, 0.1) is 12.7 Å². The first-order valence-electron chi connectivity index (χ1n) is 5.14. The van der Waals surface area contributed by atoms with Crippen molar-refractivity contribution in [2.24, 2.45) is 0 Å². The van der Waals surface area contributed by atoms with E-state index in [-0.39, 0.29) is 5.56 Å². The zero-order valence-electron chi connectivity index (χ0n) is 9.55. The van der Waals surface area contributed by atoms with E-state index in [0.29, 0.717) is 16.3 Å². The number of rotatable bonds is 3. The summed E-state index contributed by atoms with van der Waals surface area (Å²) in [5.74, 6) is -0.378. The third kappa shape index (κ3) is 2.28. The minimum absolute atomic E-state index is 0.145. The molecule has 0 unspecified atom stereocenters. The van der Waals surface area contributed by atoms with E-state index in [1.807, 2.05) is 0 Å². The second kappa shape index (κ2) is 5.06. The van der Waals surface area contributed by atoms with Crippen LogP contribution >= 0.6 is 11.6 Å². The first kappa shape index (κ1) is 12.4. The molecule has 2 rings (SSSR count). The molecule has 2 aromatic rings. The number of nitrogens with zero attached hydrogens (tertiary/aromatic N) is 1. The van der Waals surface area contributed by atoms with Crippen LogP contribution in [0.2, 0.25) is 5.02 Å². The Hall–Kier alpha value is -2.07. The lowest BCUT2D eigenvalue weighted by molar-refractivity contribution is 0.0697. The van der Waals surface area contributed by atoms with Crippen LogP contribution in [0.3, 0.4) is 0 Å². The number of halogens is 1. The van der Waals surface area contributed by atoms with Gasteiger partial charge in [-0.25, -0.2) is 4.79 Å². The first-order chi connectivity index (χ1) is 8.63. The Morgan fingerprint density at radius 2 is 2.11 bits per heavy atom. The molecule has 0 aliphatic rings. The molecule has 5 heteroatoms. The maximum atomic E-state index is 10.8. The van der Waals surface area contributed by atoms with Crippen LogP contribution in [-0.2, 0) is 0 Å². The molecule has 1 N–H and O–H groups in total. The Bertz CT molecular complexity index is 599. The van der Waals surface area contributed by atoms with Crippen molar-refractivity contribution in [2.75, 3.05) is 7.11 Å². The average molecular weight is 264 g/mol. The van der Waals surface area contributed by atoms with Crippen LogP contribution < -0.4 is 4.74 Å². The minimum Gasteiger partial charge on any atom is -0.496 e. The Balaban J connectivity index is 2.54. The van der Waals surface area contributed by atoms with E-state index in [0.717, 1.165) is 5.56 Å². The fraction of sp³-hybridized carbons (Fsp3) is 0.0769. The molecule has 0 bridgehead atoms. The molecule has 4 nitrogen and oxygen atoms in total. The van der Waals surface area contributed by atoms with Gasteiger partial charge < -0.3 is 9.84 Å². The highest BCUT2D eigenvalue weighted by atomic mass is 35.5. The van der Waals surface area contributed by atoms with Gasteiger partial charge in [-0.3, -0.25) is 4.98 Å². The topological polar surface area (TPSA) is 59.4 Å². The van der Waals surface area contributed by atoms with E-state index in [1.165, 1.54) is 12.1 Å². The van der Waals surface area contributed by atoms with Gasteiger partial charge in [0.25, 0.3) is 0 Å². The number of aromatic carboxylic acids is 1. The van der Waals surface area contributed by atoms with Crippen LogP contribution in [0.1, 0.15) is 10.4 Å². The zero-order valence-corrected chi connectivity index (χ0v) is 10.3. The van der Waals surface area contributed by atoms with Crippen LogP contribution in [0, 0.1) is 0 Å². The van der Waals surface area contributed by atoms with Crippen LogP contribution in [0.5, 0.6) is 5.75 Å². The molecule has 18 heavy (non-hydrogen) atoms. The Morgan fingerprint density at radius 3 is 2.72 bits per heavy atom. The van der Waals surface area contributed by atoms with Gasteiger partial charge in [-0.2, -0.15) is 0 Å². The van der Waals surface area contributed by atoms with Gasteiger partial charge in [0.2, 0.25) is 0 Å². The van der Waals surface area contributed by atoms with Crippen molar-refractivity contribution in [2.45, 2.75) is 0 Å². The molecule has 0 radical (unpaired) electrons. The van der Waals surface area contributed by atoms with E-state index < -0.39 is 5.97 Å². The van der Waals surface area contributed by atoms with Crippen molar-refractivity contribution in [3.05, 3.63) is 47.2 Å². The van der Waals surface area contributed by atoms with Crippen molar-refractivity contribution < 1.29 is 14.6 Å². The van der Waals surface area contributed by atoms with Gasteiger partial charge >= 0.3 is 5.97 Å². The third-order valence-corrected chi connectivity index (χ3v) is 2.82. The summed E-state index contributed by atoms with van der Waals surface area (Å²) in [6.07, 6.45) is 3.24. The smallest absolute Gasteiger partial charge is 0.335 e. The summed E-state index contributed by atoms with van der Waals surface area (Å²) in [6.45, 7) is 0. The summed E-state index contributed by atoms with van der Waals surface area (Å²) < 4.78 is 5.22. The summed E-state index contributed by atoms with van der Waals surface area (Å²) in [7, 11) is 1.55. The van der Waals surface area contributed by atoms with Gasteiger partial charge in [-0.1, -0.05) is 17.7 Å². The van der Waals surface area contributed by atoms with E-state index >= 15 is 0 Å². The van der Waals surface area contributed by atoms with Crippen molar-refractivity contribution in [1.29, 1.82) is 0 Å². The number of hydrogen-bond donors (Lipinski definition) is 1. The lowest BCUT2D eigenvalue weighted by atomic mass is 10.0. The number of carboxylic acids is 1. The maximum Gasteiger partial charge on any atom is 0.335 e. The molecule has 0 saturated heterocycles. The number of aromatic nitrogens is 1. The number of benzene rings is 1. The highest BCUT2D eigenvalue weighted by molar-refractivity contribution is 6.33. The van der Waals surface area contributed by atoms with E-state index in [1.54, 1.807) is 31.6 Å². The number of carboxylic acid groups (broad SMARTS) is 1. The second-order valence-electron chi connectivity index (χ2n) is 3.58. The highest BCUT2D eigenvalue weighted by Crippen LogP contribution is 2.34. The molecule has 0 amide bonds. The zero-order chi connectivity index (χ0) is 13.1. The van der Waals surface area contributed by atoms with E-state index in [2.05, 4.69) is 4.98 Å². The number of ether oxygens (including phenoxy) is 1. The standard InChI is InChI=1S/C13H10ClNO3/c1-18-12-4-5-15-7-10(12)9-3-2-8(13(16)17)6-11(9)14/h2-7H,1H3,(H,16,17). The molecule has 0 saturated carbocycles. The van der Waals surface area contributed by atoms with E-state index in [4.69, 9.17) is 21.4 Å². The quantitative estimate of drug-likeness (QED) is 0.924. The van der Waals surface area contributed by atoms with Gasteiger partial charge in [-0.05, 0) is 18.2 Å². The summed E-state index contributed by atoms with van der Waals surface area (Å²) in [5.41, 5.74) is 1.56. The van der Waals surface area contributed by atoms with Gasteiger partial charge in [0.1, 0.15) is 5.75 Å². The van der Waals surface area contributed by atoms with Gasteiger partial charge in [0.15, 0.2) is 0 Å². The van der Waals surface area contributed by atoms with Crippen molar-refractivity contribution in [3.63, 3.8) is 0 Å². The number of carbonyl (C=O) groups is 1. The summed E-state index contributed by atoms with van der Waals surface area (Å²) in [4.78, 5) is 14.8. The van der Waals surface area contributed by atoms with Gasteiger partial charge in [-0.15, -0.1) is 0 Å². The lowest BCUT2D eigenvalue weighted by Gasteiger charge is -2.09. The molecule has 92 valence electrons. The first-order valence-corrected chi connectivity index (χ1v) is 5.52. The molecule has 0 aliphatic carbocycles. The van der Waals surface area contributed by atoms with Crippen molar-refractivity contribution in [3.8, 4) is 16.9 Å². The van der Waals surface area contributed by atoms with Crippen LogP contribution in [0.25, 0.3) is 11.1 Å². The number of pyridine rings is 1. The third-order valence-electron chi connectivity index (χ3n) is 2.51. The second-order valence-corrected chi connectivity index (χ2v) is 3.98. The Labute approximate surface area is 109 Å². The predicted octanol–water partition coefficient (Wildman–Crippen LogP) is 3.11. The molecule has 1 aromatic carbocycles. The number of methoxy groups -OCH3 is 1. The molecule has 0 spiro atoms. The van der Waals surface area contributed by atoms with Gasteiger partial charge in [0, 0.05) is 28.5 Å². The molecule has 1 aromatic heterocycles. The average Bonchev–Trinajstić information content (AvgIpc) is 2.38. The summed E-state index contributed by atoms with van der Waals surface area (Å²) >= 11 is 6.09. The fourth-order valence-corrected chi connectivity index (χ4v) is 1.91. The molecule has 0 fully saturated rings. The minimum atomic E-state index is -1.01. The maximum absolute atomic E-state index is 10.8. The normalized spacial score (nSPS) is 10.1. The molecule has 1 heterocycles. The lowest BCUT2D eigenvalue weighted by Crippen LogP contribution is -1.96. The van der Waals surface area contributed by atoms with Crippen molar-refractivity contribution in [1.82, 2.24) is 4.98 Å². The van der Waals surface area contributed by atoms with Crippen LogP contribution in [0.4, 0.5) is 0 Å². The summed E-state index contributed by atoms with van der Waals surface area (Å²) in [5, 5.41) is 9.22.